The van der Waals surface area contributed by atoms with Crippen LogP contribution in [0.25, 0.3) is 0 Å². The van der Waals surface area contributed by atoms with Crippen LogP contribution >= 0.6 is 11.8 Å². The maximum atomic E-state index is 5.06. The van der Waals surface area contributed by atoms with E-state index in [9.17, 15) is 0 Å². The second-order valence-corrected chi connectivity index (χ2v) is 5.54. The molecule has 0 radical (unpaired) electrons. The summed E-state index contributed by atoms with van der Waals surface area (Å²) in [6.07, 6.45) is 1.04. The van der Waals surface area contributed by atoms with Crippen molar-refractivity contribution in [1.29, 1.82) is 0 Å². The molecule has 0 saturated heterocycles. The first kappa shape index (κ1) is 15.2. The van der Waals surface area contributed by atoms with Crippen LogP contribution in [-0.2, 0) is 4.74 Å². The summed E-state index contributed by atoms with van der Waals surface area (Å²) in [6, 6.07) is 0. The quantitative estimate of drug-likeness (QED) is 0.468. The molecule has 0 aliphatic heterocycles. The van der Waals surface area contributed by atoms with Crippen molar-refractivity contribution in [3.8, 4) is 0 Å². The lowest BCUT2D eigenvalue weighted by molar-refractivity contribution is 0.200. The summed E-state index contributed by atoms with van der Waals surface area (Å²) in [6.45, 7) is 7.09. The van der Waals surface area contributed by atoms with Crippen LogP contribution in [0, 0.1) is 6.92 Å². The van der Waals surface area contributed by atoms with Gasteiger partial charge in [0, 0.05) is 38.0 Å². The second kappa shape index (κ2) is 7.59. The molecule has 0 unspecified atom stereocenters. The molecule has 0 aliphatic carbocycles. The van der Waals surface area contributed by atoms with E-state index < -0.39 is 0 Å². The molecule has 0 bridgehead atoms. The van der Waals surface area contributed by atoms with Gasteiger partial charge in [-0.25, -0.2) is 9.97 Å². The number of ether oxygens (including phenoxy) is 1. The molecule has 1 heterocycles. The molecule has 1 aromatic rings. The van der Waals surface area contributed by atoms with E-state index >= 15 is 0 Å². The third kappa shape index (κ3) is 4.14. The van der Waals surface area contributed by atoms with Crippen LogP contribution in [0.2, 0.25) is 0 Å². The highest BCUT2D eigenvalue weighted by molar-refractivity contribution is 7.99. The molecule has 0 spiro atoms. The van der Waals surface area contributed by atoms with Gasteiger partial charge in [0.2, 0.25) is 0 Å². The Balaban J connectivity index is 2.84. The lowest BCUT2D eigenvalue weighted by Crippen LogP contribution is -2.06. The number of nitrogens with zero attached hydrogens (tertiary/aromatic N) is 2. The number of anilines is 1. The Morgan fingerprint density at radius 1 is 1.33 bits per heavy atom. The lowest BCUT2D eigenvalue weighted by atomic mass is 10.2. The minimum Gasteiger partial charge on any atom is -0.385 e. The molecule has 0 fully saturated rings. The number of thioether (sulfide) groups is 1. The molecule has 1 rings (SSSR count). The van der Waals surface area contributed by atoms with Crippen molar-refractivity contribution in [1.82, 2.24) is 9.97 Å². The largest absolute Gasteiger partial charge is 0.385 e. The molecule has 102 valence electrons. The lowest BCUT2D eigenvalue weighted by Gasteiger charge is -2.13. The Morgan fingerprint density at radius 3 is 2.61 bits per heavy atom. The second-order valence-electron chi connectivity index (χ2n) is 4.46. The number of hydrogen-bond acceptors (Lipinski definition) is 5. The molecule has 5 heteroatoms. The zero-order valence-corrected chi connectivity index (χ0v) is 12.7. The zero-order valence-electron chi connectivity index (χ0n) is 11.9. The van der Waals surface area contributed by atoms with Gasteiger partial charge in [-0.2, -0.15) is 0 Å². The number of methoxy groups -OCH3 is 1. The van der Waals surface area contributed by atoms with E-state index in [0.29, 0.717) is 5.92 Å². The Labute approximate surface area is 114 Å². The number of hydrogen-bond donors (Lipinski definition) is 1. The summed E-state index contributed by atoms with van der Waals surface area (Å²) in [7, 11) is 3.63. The van der Waals surface area contributed by atoms with Gasteiger partial charge < -0.3 is 10.1 Å². The van der Waals surface area contributed by atoms with E-state index in [1.54, 1.807) is 18.9 Å². The first-order chi connectivity index (χ1) is 8.60. The fourth-order valence-electron chi connectivity index (χ4n) is 1.53. The maximum absolute atomic E-state index is 5.06. The minimum absolute atomic E-state index is 0.344. The summed E-state index contributed by atoms with van der Waals surface area (Å²) >= 11 is 1.78. The Morgan fingerprint density at radius 2 is 2.06 bits per heavy atom. The van der Waals surface area contributed by atoms with Crippen LogP contribution in [0.5, 0.6) is 0 Å². The predicted molar refractivity (Wildman–Crippen MR) is 77.6 cm³/mol. The summed E-state index contributed by atoms with van der Waals surface area (Å²) in [5.74, 6) is 3.20. The molecular formula is C13H23N3OS. The van der Waals surface area contributed by atoms with Crippen LogP contribution in [0.1, 0.15) is 37.6 Å². The van der Waals surface area contributed by atoms with Gasteiger partial charge in [-0.3, -0.25) is 0 Å². The molecule has 0 aromatic carbocycles. The number of nitrogens with one attached hydrogen (secondary N) is 1. The monoisotopic (exact) mass is 269 g/mol. The van der Waals surface area contributed by atoms with Gasteiger partial charge in [-0.15, -0.1) is 11.8 Å². The number of aromatic nitrogens is 2. The van der Waals surface area contributed by atoms with Crippen molar-refractivity contribution >= 4 is 17.6 Å². The molecule has 18 heavy (non-hydrogen) atoms. The van der Waals surface area contributed by atoms with Gasteiger partial charge in [0.1, 0.15) is 16.7 Å². The molecule has 0 aliphatic rings. The maximum Gasteiger partial charge on any atom is 0.134 e. The van der Waals surface area contributed by atoms with Crippen LogP contribution in [0.3, 0.4) is 0 Å². The van der Waals surface area contributed by atoms with Gasteiger partial charge in [0.15, 0.2) is 0 Å². The van der Waals surface area contributed by atoms with E-state index in [0.717, 1.165) is 41.0 Å². The summed E-state index contributed by atoms with van der Waals surface area (Å²) in [4.78, 5) is 9.18. The van der Waals surface area contributed by atoms with Crippen molar-refractivity contribution in [3.05, 3.63) is 11.4 Å². The molecule has 4 nitrogen and oxygen atoms in total. The predicted octanol–water partition coefficient (Wildman–Crippen LogP) is 3.08. The van der Waals surface area contributed by atoms with Crippen molar-refractivity contribution in [2.45, 2.75) is 38.1 Å². The average molecular weight is 269 g/mol. The highest BCUT2D eigenvalue weighted by Gasteiger charge is 2.12. The van der Waals surface area contributed by atoms with Crippen molar-refractivity contribution in [2.24, 2.45) is 0 Å². The van der Waals surface area contributed by atoms with Gasteiger partial charge >= 0.3 is 0 Å². The standard InChI is InChI=1S/C13H23N3OS/c1-9(2)11-15-12(14-4)10(3)13(16-11)18-8-6-7-17-5/h9H,6-8H2,1-5H3,(H,14,15,16). The zero-order chi connectivity index (χ0) is 13.5. The normalized spacial score (nSPS) is 11.0. The Kier molecular flexibility index (Phi) is 6.43. The Hall–Kier alpha value is -0.810. The molecule has 1 N–H and O–H groups in total. The third-order valence-electron chi connectivity index (χ3n) is 2.60. The molecule has 0 atom stereocenters. The van der Waals surface area contributed by atoms with E-state index in [4.69, 9.17) is 4.74 Å². The molecule has 0 amide bonds. The van der Waals surface area contributed by atoms with Crippen LogP contribution in [0.4, 0.5) is 5.82 Å². The van der Waals surface area contributed by atoms with Crippen LogP contribution in [0.15, 0.2) is 5.03 Å². The smallest absolute Gasteiger partial charge is 0.134 e. The topological polar surface area (TPSA) is 47.0 Å². The molecule has 1 aromatic heterocycles. The van der Waals surface area contributed by atoms with Gasteiger partial charge in [-0.05, 0) is 13.3 Å². The van der Waals surface area contributed by atoms with E-state index in [1.807, 2.05) is 7.05 Å². The van der Waals surface area contributed by atoms with Crippen molar-refractivity contribution < 1.29 is 4.74 Å². The van der Waals surface area contributed by atoms with Crippen molar-refractivity contribution in [2.75, 3.05) is 31.8 Å². The Bertz CT molecular complexity index is 383. The highest BCUT2D eigenvalue weighted by Crippen LogP contribution is 2.27. The van der Waals surface area contributed by atoms with Crippen molar-refractivity contribution in [3.63, 3.8) is 0 Å². The highest BCUT2D eigenvalue weighted by atomic mass is 32.2. The van der Waals surface area contributed by atoms with E-state index in [2.05, 4.69) is 36.1 Å². The third-order valence-corrected chi connectivity index (χ3v) is 3.77. The molecular weight excluding hydrogens is 246 g/mol. The molecule has 0 saturated carbocycles. The fraction of sp³-hybridized carbons (Fsp3) is 0.692. The minimum atomic E-state index is 0.344. The van der Waals surface area contributed by atoms with E-state index in [-0.39, 0.29) is 0 Å². The van der Waals surface area contributed by atoms with Gasteiger partial charge in [0.25, 0.3) is 0 Å². The van der Waals surface area contributed by atoms with E-state index in [1.165, 1.54) is 0 Å². The summed E-state index contributed by atoms with van der Waals surface area (Å²) in [5, 5.41) is 4.22. The number of rotatable bonds is 7. The SMILES string of the molecule is CNc1nc(C(C)C)nc(SCCCOC)c1C. The summed E-state index contributed by atoms with van der Waals surface area (Å²) in [5.41, 5.74) is 1.13. The van der Waals surface area contributed by atoms with Gasteiger partial charge in [-0.1, -0.05) is 13.8 Å². The first-order valence-electron chi connectivity index (χ1n) is 6.28. The van der Waals surface area contributed by atoms with Crippen LogP contribution < -0.4 is 5.32 Å². The first-order valence-corrected chi connectivity index (χ1v) is 7.26. The van der Waals surface area contributed by atoms with Crippen LogP contribution in [-0.4, -0.2) is 36.5 Å². The average Bonchev–Trinajstić information content (AvgIpc) is 2.36. The van der Waals surface area contributed by atoms with Gasteiger partial charge in [0.05, 0.1) is 0 Å². The fourth-order valence-corrected chi connectivity index (χ4v) is 2.45. The summed E-state index contributed by atoms with van der Waals surface area (Å²) < 4.78 is 5.06.